The van der Waals surface area contributed by atoms with Gasteiger partial charge in [0.25, 0.3) is 0 Å². The summed E-state index contributed by atoms with van der Waals surface area (Å²) in [4.78, 5) is 27.9. The van der Waals surface area contributed by atoms with E-state index in [0.717, 1.165) is 44.7 Å². The van der Waals surface area contributed by atoms with Gasteiger partial charge in [-0.3, -0.25) is 14.5 Å². The predicted octanol–water partition coefficient (Wildman–Crippen LogP) is 2.20. The Labute approximate surface area is 126 Å². The smallest absolute Gasteiger partial charge is 0.222 e. The Bertz CT molecular complexity index is 465. The van der Waals surface area contributed by atoms with Crippen LogP contribution in [0.25, 0.3) is 0 Å². The van der Waals surface area contributed by atoms with Crippen LogP contribution in [0.15, 0.2) is 30.3 Å². The van der Waals surface area contributed by atoms with Gasteiger partial charge >= 0.3 is 0 Å². The fraction of sp³-hybridized carbons (Fsp3) is 0.529. The summed E-state index contributed by atoms with van der Waals surface area (Å²) in [6.45, 7) is 6.33. The van der Waals surface area contributed by atoms with Crippen molar-refractivity contribution in [2.24, 2.45) is 0 Å². The van der Waals surface area contributed by atoms with Crippen LogP contribution in [0.2, 0.25) is 0 Å². The highest BCUT2D eigenvalue weighted by molar-refractivity contribution is 5.95. The number of carbonyl (C=O) groups is 2. The van der Waals surface area contributed by atoms with Gasteiger partial charge in [-0.25, -0.2) is 0 Å². The van der Waals surface area contributed by atoms with Crippen molar-refractivity contribution >= 4 is 11.7 Å². The molecule has 0 bridgehead atoms. The Morgan fingerprint density at radius 2 is 1.71 bits per heavy atom. The second kappa shape index (κ2) is 7.93. The molecule has 1 amide bonds. The van der Waals surface area contributed by atoms with Crippen LogP contribution < -0.4 is 0 Å². The number of benzene rings is 1. The van der Waals surface area contributed by atoms with Crippen LogP contribution in [0.5, 0.6) is 0 Å². The van der Waals surface area contributed by atoms with Crippen LogP contribution in [-0.4, -0.2) is 54.2 Å². The Kier molecular flexibility index (Phi) is 5.93. The summed E-state index contributed by atoms with van der Waals surface area (Å²) < 4.78 is 0. The molecule has 1 aromatic rings. The maximum atomic E-state index is 12.0. The number of nitrogens with zero attached hydrogens (tertiary/aromatic N) is 2. The van der Waals surface area contributed by atoms with Crippen LogP contribution in [-0.2, 0) is 4.79 Å². The molecular weight excluding hydrogens is 264 g/mol. The summed E-state index contributed by atoms with van der Waals surface area (Å²) in [5.41, 5.74) is 0.802. The van der Waals surface area contributed by atoms with E-state index in [1.54, 1.807) is 0 Å². The van der Waals surface area contributed by atoms with Gasteiger partial charge in [0.1, 0.15) is 0 Å². The summed E-state index contributed by atoms with van der Waals surface area (Å²) in [6, 6.07) is 9.47. The molecule has 0 saturated carbocycles. The van der Waals surface area contributed by atoms with Gasteiger partial charge in [-0.1, -0.05) is 37.3 Å². The second-order valence-corrected chi connectivity index (χ2v) is 5.47. The maximum absolute atomic E-state index is 12.0. The van der Waals surface area contributed by atoms with Crippen molar-refractivity contribution in [1.29, 1.82) is 0 Å². The molecule has 2 rings (SSSR count). The quantitative estimate of drug-likeness (QED) is 0.754. The third-order valence-electron chi connectivity index (χ3n) is 4.00. The lowest BCUT2D eigenvalue weighted by Crippen LogP contribution is -2.48. The van der Waals surface area contributed by atoms with Crippen LogP contribution in [0.3, 0.4) is 0 Å². The molecule has 4 heteroatoms. The fourth-order valence-corrected chi connectivity index (χ4v) is 2.68. The SMILES string of the molecule is CCC(=O)N1CCN(CCCC(=O)c2ccccc2)CC1. The molecule has 0 aliphatic carbocycles. The lowest BCUT2D eigenvalue weighted by Gasteiger charge is -2.34. The number of piperazine rings is 1. The molecule has 0 unspecified atom stereocenters. The van der Waals surface area contributed by atoms with Crippen LogP contribution >= 0.6 is 0 Å². The number of amides is 1. The summed E-state index contributed by atoms with van der Waals surface area (Å²) in [5, 5.41) is 0. The predicted molar refractivity (Wildman–Crippen MR) is 83.3 cm³/mol. The van der Waals surface area contributed by atoms with E-state index < -0.39 is 0 Å². The van der Waals surface area contributed by atoms with E-state index in [-0.39, 0.29) is 11.7 Å². The minimum Gasteiger partial charge on any atom is -0.340 e. The third-order valence-corrected chi connectivity index (χ3v) is 4.00. The van der Waals surface area contributed by atoms with Crippen molar-refractivity contribution in [3.63, 3.8) is 0 Å². The lowest BCUT2D eigenvalue weighted by atomic mass is 10.1. The molecule has 0 spiro atoms. The highest BCUT2D eigenvalue weighted by Crippen LogP contribution is 2.08. The van der Waals surface area contributed by atoms with E-state index in [2.05, 4.69) is 4.90 Å². The molecule has 1 saturated heterocycles. The number of ketones is 1. The first-order valence-corrected chi connectivity index (χ1v) is 7.79. The number of hydrogen-bond donors (Lipinski definition) is 0. The van der Waals surface area contributed by atoms with Crippen molar-refractivity contribution in [2.75, 3.05) is 32.7 Å². The Balaban J connectivity index is 1.66. The molecular formula is C17H24N2O2. The summed E-state index contributed by atoms with van der Waals surface area (Å²) in [5.74, 6) is 0.462. The van der Waals surface area contributed by atoms with Gasteiger partial charge in [0.05, 0.1) is 0 Å². The average molecular weight is 288 g/mol. The molecule has 0 aromatic heterocycles. The summed E-state index contributed by atoms with van der Waals surface area (Å²) in [6.07, 6.45) is 2.07. The zero-order chi connectivity index (χ0) is 15.1. The molecule has 21 heavy (non-hydrogen) atoms. The molecule has 1 heterocycles. The Morgan fingerprint density at radius 3 is 2.33 bits per heavy atom. The van der Waals surface area contributed by atoms with Gasteiger partial charge in [-0.15, -0.1) is 0 Å². The highest BCUT2D eigenvalue weighted by Gasteiger charge is 2.19. The molecule has 1 aliphatic rings. The monoisotopic (exact) mass is 288 g/mol. The van der Waals surface area contributed by atoms with Gasteiger partial charge in [-0.05, 0) is 13.0 Å². The summed E-state index contributed by atoms with van der Waals surface area (Å²) in [7, 11) is 0. The zero-order valence-electron chi connectivity index (χ0n) is 12.8. The highest BCUT2D eigenvalue weighted by atomic mass is 16.2. The topological polar surface area (TPSA) is 40.6 Å². The first-order chi connectivity index (χ1) is 10.2. The van der Waals surface area contributed by atoms with Crippen molar-refractivity contribution < 1.29 is 9.59 Å². The third kappa shape index (κ3) is 4.67. The molecule has 114 valence electrons. The molecule has 0 atom stereocenters. The molecule has 0 N–H and O–H groups in total. The maximum Gasteiger partial charge on any atom is 0.222 e. The fourth-order valence-electron chi connectivity index (χ4n) is 2.68. The molecule has 0 radical (unpaired) electrons. The minimum absolute atomic E-state index is 0.218. The van der Waals surface area contributed by atoms with Gasteiger partial charge in [0.15, 0.2) is 5.78 Å². The largest absolute Gasteiger partial charge is 0.340 e. The first-order valence-electron chi connectivity index (χ1n) is 7.79. The van der Waals surface area contributed by atoms with Crippen molar-refractivity contribution in [3.8, 4) is 0 Å². The zero-order valence-corrected chi connectivity index (χ0v) is 12.8. The number of rotatable bonds is 6. The van der Waals surface area contributed by atoms with Crippen molar-refractivity contribution in [2.45, 2.75) is 26.2 Å². The number of Topliss-reactive ketones (excluding diaryl/α,β-unsaturated/α-hetero) is 1. The standard InChI is InChI=1S/C17H24N2O2/c1-2-17(21)19-13-11-18(12-14-19)10-6-9-16(20)15-7-4-3-5-8-15/h3-5,7-8H,2,6,9-14H2,1H3. The normalized spacial score (nSPS) is 16.0. The van der Waals surface area contributed by atoms with Crippen LogP contribution in [0, 0.1) is 0 Å². The van der Waals surface area contributed by atoms with Gasteiger partial charge in [0.2, 0.25) is 5.91 Å². The van der Waals surface area contributed by atoms with Crippen LogP contribution in [0.4, 0.5) is 0 Å². The number of hydrogen-bond acceptors (Lipinski definition) is 3. The van der Waals surface area contributed by atoms with E-state index in [4.69, 9.17) is 0 Å². The first kappa shape index (κ1) is 15.7. The van der Waals surface area contributed by atoms with Crippen molar-refractivity contribution in [3.05, 3.63) is 35.9 Å². The lowest BCUT2D eigenvalue weighted by molar-refractivity contribution is -0.132. The van der Waals surface area contributed by atoms with E-state index >= 15 is 0 Å². The minimum atomic E-state index is 0.218. The van der Waals surface area contributed by atoms with Crippen LogP contribution in [0.1, 0.15) is 36.5 Å². The van der Waals surface area contributed by atoms with E-state index in [9.17, 15) is 9.59 Å². The van der Waals surface area contributed by atoms with Gasteiger partial charge < -0.3 is 4.90 Å². The molecule has 4 nitrogen and oxygen atoms in total. The molecule has 1 fully saturated rings. The molecule has 1 aliphatic heterocycles. The van der Waals surface area contributed by atoms with E-state index in [1.807, 2.05) is 42.2 Å². The Morgan fingerprint density at radius 1 is 1.05 bits per heavy atom. The molecule has 1 aromatic carbocycles. The van der Waals surface area contributed by atoms with Gasteiger partial charge in [0, 0.05) is 44.6 Å². The Hall–Kier alpha value is -1.68. The van der Waals surface area contributed by atoms with E-state index in [0.29, 0.717) is 12.8 Å². The van der Waals surface area contributed by atoms with Crippen molar-refractivity contribution in [1.82, 2.24) is 9.80 Å². The average Bonchev–Trinajstić information content (AvgIpc) is 2.55. The number of carbonyl (C=O) groups excluding carboxylic acids is 2. The van der Waals surface area contributed by atoms with Gasteiger partial charge in [-0.2, -0.15) is 0 Å². The summed E-state index contributed by atoms with van der Waals surface area (Å²) >= 11 is 0. The van der Waals surface area contributed by atoms with E-state index in [1.165, 1.54) is 0 Å². The second-order valence-electron chi connectivity index (χ2n) is 5.47.